The SMILES string of the molecule is CC[C@@H](CO)N1CCN(Cc2ccc(C)s2)CC1. The molecule has 1 aromatic heterocycles. The summed E-state index contributed by atoms with van der Waals surface area (Å²) in [6.45, 7) is 10.1. The molecule has 0 unspecified atom stereocenters. The Morgan fingerprint density at radius 2 is 2.00 bits per heavy atom. The molecule has 2 rings (SSSR count). The number of aliphatic hydroxyl groups excluding tert-OH is 1. The minimum absolute atomic E-state index is 0.292. The Bertz CT molecular complexity index is 354. The molecule has 102 valence electrons. The Morgan fingerprint density at radius 3 is 2.50 bits per heavy atom. The first-order valence-electron chi connectivity index (χ1n) is 6.85. The zero-order valence-corrected chi connectivity index (χ0v) is 12.2. The molecule has 1 aliphatic rings. The van der Waals surface area contributed by atoms with Crippen molar-refractivity contribution in [3.05, 3.63) is 21.9 Å². The van der Waals surface area contributed by atoms with Crippen molar-refractivity contribution in [1.29, 1.82) is 0 Å². The number of rotatable bonds is 5. The lowest BCUT2D eigenvalue weighted by Gasteiger charge is -2.38. The van der Waals surface area contributed by atoms with Crippen molar-refractivity contribution in [2.75, 3.05) is 32.8 Å². The fourth-order valence-corrected chi connectivity index (χ4v) is 3.51. The molecule has 0 aromatic carbocycles. The van der Waals surface area contributed by atoms with Crippen molar-refractivity contribution in [3.8, 4) is 0 Å². The van der Waals surface area contributed by atoms with Crippen LogP contribution in [0.4, 0.5) is 0 Å². The highest BCUT2D eigenvalue weighted by Crippen LogP contribution is 2.18. The van der Waals surface area contributed by atoms with Gasteiger partial charge in [0, 0.05) is 48.5 Å². The molecule has 0 bridgehead atoms. The zero-order valence-electron chi connectivity index (χ0n) is 11.4. The van der Waals surface area contributed by atoms with Gasteiger partial charge in [-0.15, -0.1) is 11.3 Å². The zero-order chi connectivity index (χ0) is 13.0. The molecule has 0 radical (unpaired) electrons. The second-order valence-electron chi connectivity index (χ2n) is 5.07. The molecule has 1 N–H and O–H groups in total. The normalized spacial score (nSPS) is 20.2. The van der Waals surface area contributed by atoms with Crippen LogP contribution in [0.15, 0.2) is 12.1 Å². The molecule has 18 heavy (non-hydrogen) atoms. The predicted molar refractivity (Wildman–Crippen MR) is 77.1 cm³/mol. The molecule has 1 saturated heterocycles. The van der Waals surface area contributed by atoms with Gasteiger partial charge in [-0.1, -0.05) is 6.92 Å². The maximum atomic E-state index is 9.33. The Morgan fingerprint density at radius 1 is 1.28 bits per heavy atom. The lowest BCUT2D eigenvalue weighted by atomic mass is 10.1. The van der Waals surface area contributed by atoms with Crippen LogP contribution in [0.2, 0.25) is 0 Å². The third kappa shape index (κ3) is 3.54. The van der Waals surface area contributed by atoms with Gasteiger partial charge in [0.1, 0.15) is 0 Å². The minimum Gasteiger partial charge on any atom is -0.395 e. The van der Waals surface area contributed by atoms with Crippen LogP contribution in [0.25, 0.3) is 0 Å². The number of aryl methyl sites for hydroxylation is 1. The van der Waals surface area contributed by atoms with Crippen molar-refractivity contribution >= 4 is 11.3 Å². The average Bonchev–Trinajstić information content (AvgIpc) is 2.78. The van der Waals surface area contributed by atoms with Crippen molar-refractivity contribution in [2.24, 2.45) is 0 Å². The van der Waals surface area contributed by atoms with Gasteiger partial charge >= 0.3 is 0 Å². The summed E-state index contributed by atoms with van der Waals surface area (Å²) in [7, 11) is 0. The fraction of sp³-hybridized carbons (Fsp3) is 0.714. The van der Waals surface area contributed by atoms with Crippen LogP contribution >= 0.6 is 11.3 Å². The quantitative estimate of drug-likeness (QED) is 0.884. The van der Waals surface area contributed by atoms with Gasteiger partial charge in [-0.3, -0.25) is 9.80 Å². The Balaban J connectivity index is 1.79. The third-order valence-electron chi connectivity index (χ3n) is 3.78. The molecular formula is C14H24N2OS. The maximum absolute atomic E-state index is 9.33. The van der Waals surface area contributed by atoms with Gasteiger partial charge in [0.05, 0.1) is 6.61 Å². The van der Waals surface area contributed by atoms with E-state index in [-0.39, 0.29) is 0 Å². The van der Waals surface area contributed by atoms with Gasteiger partial charge in [0.2, 0.25) is 0 Å². The van der Waals surface area contributed by atoms with Crippen LogP contribution in [-0.2, 0) is 6.54 Å². The van der Waals surface area contributed by atoms with Gasteiger partial charge in [0.25, 0.3) is 0 Å². The van der Waals surface area contributed by atoms with Gasteiger partial charge in [-0.05, 0) is 25.5 Å². The number of hydrogen-bond donors (Lipinski definition) is 1. The second kappa shape index (κ2) is 6.66. The highest BCUT2D eigenvalue weighted by molar-refractivity contribution is 7.11. The van der Waals surface area contributed by atoms with Crippen molar-refractivity contribution in [2.45, 2.75) is 32.9 Å². The van der Waals surface area contributed by atoms with E-state index in [1.165, 1.54) is 9.75 Å². The monoisotopic (exact) mass is 268 g/mol. The number of thiophene rings is 1. The van der Waals surface area contributed by atoms with E-state index in [4.69, 9.17) is 0 Å². The lowest BCUT2D eigenvalue weighted by molar-refractivity contribution is 0.0612. The van der Waals surface area contributed by atoms with Gasteiger partial charge in [-0.25, -0.2) is 0 Å². The third-order valence-corrected chi connectivity index (χ3v) is 4.77. The first-order chi connectivity index (χ1) is 8.72. The smallest absolute Gasteiger partial charge is 0.0586 e. The number of hydrogen-bond acceptors (Lipinski definition) is 4. The largest absolute Gasteiger partial charge is 0.395 e. The van der Waals surface area contributed by atoms with E-state index in [0.29, 0.717) is 12.6 Å². The van der Waals surface area contributed by atoms with Crippen molar-refractivity contribution in [1.82, 2.24) is 9.80 Å². The van der Waals surface area contributed by atoms with Crippen LogP contribution < -0.4 is 0 Å². The minimum atomic E-state index is 0.292. The molecule has 0 spiro atoms. The van der Waals surface area contributed by atoms with E-state index in [1.807, 2.05) is 11.3 Å². The maximum Gasteiger partial charge on any atom is 0.0586 e. The highest BCUT2D eigenvalue weighted by atomic mass is 32.1. The van der Waals surface area contributed by atoms with Crippen molar-refractivity contribution in [3.63, 3.8) is 0 Å². The lowest BCUT2D eigenvalue weighted by Crippen LogP contribution is -2.50. The molecule has 4 heteroatoms. The van der Waals surface area contributed by atoms with E-state index in [1.54, 1.807) is 0 Å². The Labute approximate surface area is 114 Å². The highest BCUT2D eigenvalue weighted by Gasteiger charge is 2.22. The number of nitrogens with zero attached hydrogens (tertiary/aromatic N) is 2. The summed E-state index contributed by atoms with van der Waals surface area (Å²) in [4.78, 5) is 7.81. The molecule has 1 aromatic rings. The van der Waals surface area contributed by atoms with E-state index in [0.717, 1.165) is 39.1 Å². The van der Waals surface area contributed by atoms with Crippen LogP contribution in [0.1, 0.15) is 23.1 Å². The van der Waals surface area contributed by atoms with E-state index < -0.39 is 0 Å². The summed E-state index contributed by atoms with van der Waals surface area (Å²) in [5.74, 6) is 0. The van der Waals surface area contributed by atoms with Gasteiger partial charge in [0.15, 0.2) is 0 Å². The van der Waals surface area contributed by atoms with Crippen LogP contribution in [-0.4, -0.2) is 53.7 Å². The van der Waals surface area contributed by atoms with E-state index in [9.17, 15) is 5.11 Å². The Hall–Kier alpha value is -0.420. The van der Waals surface area contributed by atoms with E-state index in [2.05, 4.69) is 35.8 Å². The summed E-state index contributed by atoms with van der Waals surface area (Å²) >= 11 is 1.90. The molecule has 2 heterocycles. The predicted octanol–water partition coefficient (Wildman–Crippen LogP) is 1.95. The molecule has 0 aliphatic carbocycles. The first kappa shape index (κ1) is 14.0. The van der Waals surface area contributed by atoms with Crippen LogP contribution in [0.3, 0.4) is 0 Å². The summed E-state index contributed by atoms with van der Waals surface area (Å²) in [5.41, 5.74) is 0. The number of piperazine rings is 1. The molecule has 1 fully saturated rings. The fourth-order valence-electron chi connectivity index (χ4n) is 2.58. The number of aliphatic hydroxyl groups is 1. The summed E-state index contributed by atoms with van der Waals surface area (Å²) in [6, 6.07) is 4.81. The van der Waals surface area contributed by atoms with Gasteiger partial charge in [-0.2, -0.15) is 0 Å². The summed E-state index contributed by atoms with van der Waals surface area (Å²) < 4.78 is 0. The average molecular weight is 268 g/mol. The standard InChI is InChI=1S/C14H24N2OS/c1-3-13(11-17)16-8-6-15(7-9-16)10-14-5-4-12(2)18-14/h4-5,13,17H,3,6-11H2,1-2H3/t13-/m0/s1. The first-order valence-corrected chi connectivity index (χ1v) is 7.67. The van der Waals surface area contributed by atoms with E-state index >= 15 is 0 Å². The molecule has 1 aliphatic heterocycles. The topological polar surface area (TPSA) is 26.7 Å². The molecule has 1 atom stereocenters. The molecular weight excluding hydrogens is 244 g/mol. The summed E-state index contributed by atoms with van der Waals surface area (Å²) in [5, 5.41) is 9.33. The van der Waals surface area contributed by atoms with Crippen LogP contribution in [0.5, 0.6) is 0 Å². The second-order valence-corrected chi connectivity index (χ2v) is 6.44. The Kier molecular flexibility index (Phi) is 5.18. The molecule has 0 saturated carbocycles. The summed E-state index contributed by atoms with van der Waals surface area (Å²) in [6.07, 6.45) is 1.04. The molecule has 3 nitrogen and oxygen atoms in total. The van der Waals surface area contributed by atoms with Gasteiger partial charge < -0.3 is 5.11 Å². The van der Waals surface area contributed by atoms with Crippen LogP contribution in [0, 0.1) is 6.92 Å². The molecule has 0 amide bonds. The van der Waals surface area contributed by atoms with Crippen molar-refractivity contribution < 1.29 is 5.11 Å².